The molecule has 0 saturated heterocycles. The monoisotopic (exact) mass is 256 g/mol. The molecule has 1 nitrogen and oxygen atoms in total. The molecule has 0 aliphatic heterocycles. The fraction of sp³-hybridized carbons (Fsp3) is 0.615. The summed E-state index contributed by atoms with van der Waals surface area (Å²) in [7, 11) is 0. The first-order valence-corrected chi connectivity index (χ1v) is 7.25. The van der Waals surface area contributed by atoms with Crippen molar-refractivity contribution in [2.75, 3.05) is 0 Å². The van der Waals surface area contributed by atoms with E-state index in [9.17, 15) is 4.79 Å². The highest BCUT2D eigenvalue weighted by atomic mass is 35.5. The van der Waals surface area contributed by atoms with Crippen molar-refractivity contribution < 1.29 is 4.79 Å². The third-order valence-electron chi connectivity index (χ3n) is 3.64. The van der Waals surface area contributed by atoms with Crippen LogP contribution in [0.5, 0.6) is 0 Å². The molecule has 0 bridgehead atoms. The molecule has 1 saturated carbocycles. The van der Waals surface area contributed by atoms with Gasteiger partial charge in [-0.3, -0.25) is 4.79 Å². The van der Waals surface area contributed by atoms with Crippen molar-refractivity contribution in [3.05, 3.63) is 21.3 Å². The van der Waals surface area contributed by atoms with Crippen LogP contribution in [0.2, 0.25) is 5.02 Å². The number of carbonyl (C=O) groups excluding carboxylic acids is 1. The van der Waals surface area contributed by atoms with Crippen LogP contribution in [-0.2, 0) is 0 Å². The highest BCUT2D eigenvalue weighted by Crippen LogP contribution is 2.35. The van der Waals surface area contributed by atoms with Crippen molar-refractivity contribution in [3.63, 3.8) is 0 Å². The molecule has 1 fully saturated rings. The van der Waals surface area contributed by atoms with E-state index in [1.54, 1.807) is 0 Å². The van der Waals surface area contributed by atoms with Gasteiger partial charge in [-0.25, -0.2) is 0 Å². The van der Waals surface area contributed by atoms with Gasteiger partial charge in [0, 0.05) is 5.92 Å². The van der Waals surface area contributed by atoms with Crippen molar-refractivity contribution in [2.45, 2.75) is 39.0 Å². The molecular formula is C13H17ClOS. The summed E-state index contributed by atoms with van der Waals surface area (Å²) in [6, 6.07) is 1.82. The number of ketones is 1. The number of hydrogen-bond acceptors (Lipinski definition) is 2. The Bertz CT molecular complexity index is 364. The predicted molar refractivity (Wildman–Crippen MR) is 69.4 cm³/mol. The van der Waals surface area contributed by atoms with E-state index >= 15 is 0 Å². The van der Waals surface area contributed by atoms with Gasteiger partial charge in [-0.05, 0) is 43.0 Å². The fourth-order valence-corrected chi connectivity index (χ4v) is 3.66. The van der Waals surface area contributed by atoms with Gasteiger partial charge < -0.3 is 0 Å². The SMILES string of the molecule is CCC1CCC(C(=O)c2sccc2Cl)CC1. The number of rotatable bonds is 3. The molecule has 0 amide bonds. The summed E-state index contributed by atoms with van der Waals surface area (Å²) >= 11 is 7.48. The highest BCUT2D eigenvalue weighted by Gasteiger charge is 2.27. The van der Waals surface area contributed by atoms with Gasteiger partial charge in [0.2, 0.25) is 0 Å². The van der Waals surface area contributed by atoms with Crippen LogP contribution in [0.15, 0.2) is 11.4 Å². The number of hydrogen-bond donors (Lipinski definition) is 0. The van der Waals surface area contributed by atoms with Crippen LogP contribution in [0.3, 0.4) is 0 Å². The van der Waals surface area contributed by atoms with E-state index in [0.29, 0.717) is 5.02 Å². The summed E-state index contributed by atoms with van der Waals surface area (Å²) < 4.78 is 0. The van der Waals surface area contributed by atoms with Gasteiger partial charge in [0.25, 0.3) is 0 Å². The van der Waals surface area contributed by atoms with Gasteiger partial charge in [-0.1, -0.05) is 24.9 Å². The third kappa shape index (κ3) is 2.49. The van der Waals surface area contributed by atoms with Crippen molar-refractivity contribution in [1.82, 2.24) is 0 Å². The lowest BCUT2D eigenvalue weighted by Crippen LogP contribution is -2.21. The zero-order valence-corrected chi connectivity index (χ0v) is 11.1. The standard InChI is InChI=1S/C13H17ClOS/c1-2-9-3-5-10(6-4-9)12(15)13-11(14)7-8-16-13/h7-10H,2-6H2,1H3. The van der Waals surface area contributed by atoms with Gasteiger partial charge >= 0.3 is 0 Å². The molecule has 1 aromatic heterocycles. The second-order valence-electron chi connectivity index (χ2n) is 4.59. The van der Waals surface area contributed by atoms with E-state index in [1.165, 1.54) is 30.6 Å². The lowest BCUT2D eigenvalue weighted by molar-refractivity contribution is 0.0875. The van der Waals surface area contributed by atoms with Crippen LogP contribution in [0.1, 0.15) is 48.7 Å². The second-order valence-corrected chi connectivity index (χ2v) is 5.91. The molecule has 0 aromatic carbocycles. The lowest BCUT2D eigenvalue weighted by atomic mass is 9.79. The maximum Gasteiger partial charge on any atom is 0.177 e. The van der Waals surface area contributed by atoms with Crippen molar-refractivity contribution in [2.24, 2.45) is 11.8 Å². The maximum absolute atomic E-state index is 12.2. The minimum absolute atomic E-state index is 0.221. The highest BCUT2D eigenvalue weighted by molar-refractivity contribution is 7.12. The summed E-state index contributed by atoms with van der Waals surface area (Å²) in [6.45, 7) is 2.24. The molecule has 1 aliphatic rings. The maximum atomic E-state index is 12.2. The fourth-order valence-electron chi connectivity index (χ4n) is 2.49. The van der Waals surface area contributed by atoms with E-state index in [1.807, 2.05) is 11.4 Å². The molecule has 2 rings (SSSR count). The molecular weight excluding hydrogens is 240 g/mol. The molecule has 1 aliphatic carbocycles. The Morgan fingerprint density at radius 3 is 2.62 bits per heavy atom. The number of halogens is 1. The van der Waals surface area contributed by atoms with E-state index in [2.05, 4.69) is 6.92 Å². The van der Waals surface area contributed by atoms with Crippen molar-refractivity contribution in [3.8, 4) is 0 Å². The van der Waals surface area contributed by atoms with E-state index in [0.717, 1.165) is 23.6 Å². The van der Waals surface area contributed by atoms with Gasteiger partial charge in [0.05, 0.1) is 9.90 Å². The summed E-state index contributed by atoms with van der Waals surface area (Å²) in [6.07, 6.45) is 5.75. The quantitative estimate of drug-likeness (QED) is 0.710. The minimum Gasteiger partial charge on any atom is -0.293 e. The molecule has 1 aromatic rings. The van der Waals surface area contributed by atoms with Gasteiger partial charge in [-0.15, -0.1) is 11.3 Å². The van der Waals surface area contributed by atoms with Crippen LogP contribution < -0.4 is 0 Å². The normalized spacial score (nSPS) is 25.6. The van der Waals surface area contributed by atoms with Crippen LogP contribution in [0.25, 0.3) is 0 Å². The van der Waals surface area contributed by atoms with Crippen molar-refractivity contribution >= 4 is 28.7 Å². The Morgan fingerprint density at radius 1 is 1.44 bits per heavy atom. The molecule has 0 atom stereocenters. The van der Waals surface area contributed by atoms with Gasteiger partial charge in [0.1, 0.15) is 0 Å². The van der Waals surface area contributed by atoms with E-state index in [4.69, 9.17) is 11.6 Å². The Kier molecular flexibility index (Phi) is 4.04. The third-order valence-corrected chi connectivity index (χ3v) is 4.99. The molecule has 16 heavy (non-hydrogen) atoms. The number of thiophene rings is 1. The Labute approximate surface area is 106 Å². The number of carbonyl (C=O) groups is 1. The van der Waals surface area contributed by atoms with Crippen LogP contribution in [0.4, 0.5) is 0 Å². The van der Waals surface area contributed by atoms with Crippen molar-refractivity contribution in [1.29, 1.82) is 0 Å². The predicted octanol–water partition coefficient (Wildman–Crippen LogP) is 4.80. The molecule has 1 heterocycles. The molecule has 88 valence electrons. The number of Topliss-reactive ketones (excluding diaryl/α,β-unsaturated/α-hetero) is 1. The smallest absolute Gasteiger partial charge is 0.177 e. The van der Waals surface area contributed by atoms with E-state index < -0.39 is 0 Å². The first-order chi connectivity index (χ1) is 7.72. The lowest BCUT2D eigenvalue weighted by Gasteiger charge is -2.26. The molecule has 3 heteroatoms. The average molecular weight is 257 g/mol. The largest absolute Gasteiger partial charge is 0.293 e. The second kappa shape index (κ2) is 5.33. The first kappa shape index (κ1) is 12.1. The van der Waals surface area contributed by atoms with Crippen LogP contribution in [-0.4, -0.2) is 5.78 Å². The summed E-state index contributed by atoms with van der Waals surface area (Å²) in [5, 5.41) is 2.53. The zero-order chi connectivity index (χ0) is 11.5. The Hall–Kier alpha value is -0.340. The summed E-state index contributed by atoms with van der Waals surface area (Å²) in [4.78, 5) is 13.0. The molecule has 0 unspecified atom stereocenters. The molecule has 0 radical (unpaired) electrons. The zero-order valence-electron chi connectivity index (χ0n) is 9.54. The van der Waals surface area contributed by atoms with Gasteiger partial charge in [0.15, 0.2) is 5.78 Å². The average Bonchev–Trinajstić information content (AvgIpc) is 2.75. The topological polar surface area (TPSA) is 17.1 Å². The first-order valence-electron chi connectivity index (χ1n) is 5.99. The van der Waals surface area contributed by atoms with E-state index in [-0.39, 0.29) is 11.7 Å². The Morgan fingerprint density at radius 2 is 2.12 bits per heavy atom. The van der Waals surface area contributed by atoms with Gasteiger partial charge in [-0.2, -0.15) is 0 Å². The molecule has 0 spiro atoms. The van der Waals surface area contributed by atoms with Crippen LogP contribution >= 0.6 is 22.9 Å². The van der Waals surface area contributed by atoms with Crippen LogP contribution in [0, 0.1) is 11.8 Å². The summed E-state index contributed by atoms with van der Waals surface area (Å²) in [5.74, 6) is 1.33. The minimum atomic E-state index is 0.221. The summed E-state index contributed by atoms with van der Waals surface area (Å²) in [5.41, 5.74) is 0. The Balaban J connectivity index is 2.00. The molecule has 0 N–H and O–H groups in total.